The first-order valence-electron chi connectivity index (χ1n) is 6.97. The van der Waals surface area contributed by atoms with Crippen LogP contribution in [0.2, 0.25) is 0 Å². The molecule has 6 heteroatoms. The lowest BCUT2D eigenvalue weighted by atomic mass is 10.1. The summed E-state index contributed by atoms with van der Waals surface area (Å²) in [5.41, 5.74) is 0.861. The van der Waals surface area contributed by atoms with Crippen LogP contribution in [0.1, 0.15) is 6.92 Å². The van der Waals surface area contributed by atoms with E-state index in [1.165, 1.54) is 11.8 Å². The molecule has 112 valence electrons. The number of carbonyl (C=O) groups excluding carboxylic acids is 2. The standard InChI is InChI=1S/C15H18N2O3S/c1-15(14(19)17-7-9-20-10-8-17)13(18)16(2)11-5-3-4-6-12(11)21-15/h3-6H,7-10H2,1-2H3. The molecule has 2 amide bonds. The first-order chi connectivity index (χ1) is 10.0. The normalized spacial score (nSPS) is 25.7. The van der Waals surface area contributed by atoms with Gasteiger partial charge in [-0.05, 0) is 19.1 Å². The number of fused-ring (bicyclic) bond motifs is 1. The van der Waals surface area contributed by atoms with Crippen molar-refractivity contribution in [3.05, 3.63) is 24.3 Å². The van der Waals surface area contributed by atoms with Crippen LogP contribution in [0.25, 0.3) is 0 Å². The van der Waals surface area contributed by atoms with Gasteiger partial charge >= 0.3 is 0 Å². The molecule has 1 fully saturated rings. The number of morpholine rings is 1. The average Bonchev–Trinajstić information content (AvgIpc) is 2.53. The number of anilines is 1. The molecule has 0 N–H and O–H groups in total. The quantitative estimate of drug-likeness (QED) is 0.735. The fraction of sp³-hybridized carbons (Fsp3) is 0.467. The van der Waals surface area contributed by atoms with Crippen molar-refractivity contribution in [3.8, 4) is 0 Å². The number of ether oxygens (including phenoxy) is 1. The molecule has 0 spiro atoms. The fourth-order valence-corrected chi connectivity index (χ4v) is 4.05. The third-order valence-corrected chi connectivity index (χ3v) is 5.28. The number of hydrogen-bond donors (Lipinski definition) is 0. The Labute approximate surface area is 128 Å². The molecular weight excluding hydrogens is 288 g/mol. The zero-order valence-corrected chi connectivity index (χ0v) is 13.0. The summed E-state index contributed by atoms with van der Waals surface area (Å²) in [5, 5.41) is 0. The minimum absolute atomic E-state index is 0.123. The van der Waals surface area contributed by atoms with E-state index in [4.69, 9.17) is 4.74 Å². The number of hydrogen-bond acceptors (Lipinski definition) is 4. The first-order valence-corrected chi connectivity index (χ1v) is 7.79. The number of amides is 2. The molecule has 2 aliphatic rings. The van der Waals surface area contributed by atoms with E-state index in [0.717, 1.165) is 10.6 Å². The molecule has 0 aliphatic carbocycles. The highest BCUT2D eigenvalue weighted by atomic mass is 32.2. The van der Waals surface area contributed by atoms with Crippen LogP contribution in [0, 0.1) is 0 Å². The second-order valence-electron chi connectivity index (χ2n) is 5.37. The highest BCUT2D eigenvalue weighted by molar-refractivity contribution is 8.02. The molecule has 1 unspecified atom stereocenters. The van der Waals surface area contributed by atoms with Crippen LogP contribution in [0.4, 0.5) is 5.69 Å². The van der Waals surface area contributed by atoms with Gasteiger partial charge in [0.25, 0.3) is 5.91 Å². The molecule has 0 saturated carbocycles. The van der Waals surface area contributed by atoms with E-state index in [1.807, 2.05) is 24.3 Å². The van der Waals surface area contributed by atoms with Crippen LogP contribution in [0.5, 0.6) is 0 Å². The van der Waals surface area contributed by atoms with Crippen molar-refractivity contribution in [2.24, 2.45) is 0 Å². The van der Waals surface area contributed by atoms with Crippen LogP contribution < -0.4 is 4.90 Å². The maximum absolute atomic E-state index is 12.8. The van der Waals surface area contributed by atoms with Crippen molar-refractivity contribution in [2.75, 3.05) is 38.3 Å². The monoisotopic (exact) mass is 306 g/mol. The Balaban J connectivity index is 1.94. The number of rotatable bonds is 1. The van der Waals surface area contributed by atoms with Gasteiger partial charge in [-0.2, -0.15) is 0 Å². The van der Waals surface area contributed by atoms with Gasteiger partial charge < -0.3 is 14.5 Å². The molecule has 1 aromatic carbocycles. The molecule has 1 atom stereocenters. The van der Waals surface area contributed by atoms with E-state index in [0.29, 0.717) is 26.3 Å². The third-order valence-electron chi connectivity index (χ3n) is 3.96. The van der Waals surface area contributed by atoms with Crippen molar-refractivity contribution in [3.63, 3.8) is 0 Å². The van der Waals surface area contributed by atoms with Crippen molar-refractivity contribution in [1.82, 2.24) is 4.90 Å². The lowest BCUT2D eigenvalue weighted by Crippen LogP contribution is -2.58. The van der Waals surface area contributed by atoms with Gasteiger partial charge in [-0.3, -0.25) is 9.59 Å². The highest BCUT2D eigenvalue weighted by Crippen LogP contribution is 2.45. The molecule has 2 aliphatic heterocycles. The first kappa shape index (κ1) is 14.4. The Morgan fingerprint density at radius 1 is 1.29 bits per heavy atom. The minimum Gasteiger partial charge on any atom is -0.378 e. The molecule has 5 nitrogen and oxygen atoms in total. The summed E-state index contributed by atoms with van der Waals surface area (Å²) in [6.45, 7) is 3.89. The lowest BCUT2D eigenvalue weighted by Gasteiger charge is -2.40. The molecular formula is C15H18N2O3S. The number of nitrogens with zero attached hydrogens (tertiary/aromatic N) is 2. The van der Waals surface area contributed by atoms with Crippen LogP contribution in [-0.2, 0) is 14.3 Å². The summed E-state index contributed by atoms with van der Waals surface area (Å²) in [5.74, 6) is -0.287. The number of carbonyl (C=O) groups is 2. The van der Waals surface area contributed by atoms with E-state index in [9.17, 15) is 9.59 Å². The van der Waals surface area contributed by atoms with Gasteiger partial charge in [0, 0.05) is 25.0 Å². The molecule has 0 bridgehead atoms. The van der Waals surface area contributed by atoms with Gasteiger partial charge in [0.05, 0.1) is 18.9 Å². The minimum atomic E-state index is -1.10. The van der Waals surface area contributed by atoms with Gasteiger partial charge in [0.1, 0.15) is 0 Å². The topological polar surface area (TPSA) is 49.9 Å². The number of benzene rings is 1. The van der Waals surface area contributed by atoms with Gasteiger partial charge in [-0.1, -0.05) is 23.9 Å². The molecule has 1 aromatic rings. The SMILES string of the molecule is CN1C(=O)C(C)(C(=O)N2CCOCC2)Sc2ccccc21. The van der Waals surface area contributed by atoms with Crippen LogP contribution in [0.3, 0.4) is 0 Å². The lowest BCUT2D eigenvalue weighted by molar-refractivity contribution is -0.141. The Kier molecular flexibility index (Phi) is 3.67. The zero-order chi connectivity index (χ0) is 15.0. The Morgan fingerprint density at radius 3 is 2.67 bits per heavy atom. The predicted octanol–water partition coefficient (Wildman–Crippen LogP) is 1.37. The maximum Gasteiger partial charge on any atom is 0.252 e. The van der Waals surface area contributed by atoms with E-state index >= 15 is 0 Å². The van der Waals surface area contributed by atoms with E-state index in [1.54, 1.807) is 23.8 Å². The van der Waals surface area contributed by atoms with Crippen molar-refractivity contribution >= 4 is 29.3 Å². The summed E-state index contributed by atoms with van der Waals surface area (Å²) >= 11 is 1.35. The van der Waals surface area contributed by atoms with Crippen LogP contribution in [-0.4, -0.2) is 54.8 Å². The summed E-state index contributed by atoms with van der Waals surface area (Å²) in [4.78, 5) is 29.8. The van der Waals surface area contributed by atoms with Crippen molar-refractivity contribution < 1.29 is 14.3 Å². The summed E-state index contributed by atoms with van der Waals surface area (Å²) in [6, 6.07) is 7.68. The second kappa shape index (κ2) is 5.35. The highest BCUT2D eigenvalue weighted by Gasteiger charge is 2.50. The number of para-hydroxylation sites is 1. The molecule has 0 radical (unpaired) electrons. The maximum atomic E-state index is 12.8. The smallest absolute Gasteiger partial charge is 0.252 e. The van der Waals surface area contributed by atoms with Gasteiger partial charge in [-0.15, -0.1) is 0 Å². The zero-order valence-electron chi connectivity index (χ0n) is 12.2. The Morgan fingerprint density at radius 2 is 1.95 bits per heavy atom. The Bertz CT molecular complexity index is 586. The van der Waals surface area contributed by atoms with Gasteiger partial charge in [-0.25, -0.2) is 0 Å². The molecule has 1 saturated heterocycles. The summed E-state index contributed by atoms with van der Waals surface area (Å²) < 4.78 is 4.18. The third kappa shape index (κ3) is 2.32. The second-order valence-corrected chi connectivity index (χ2v) is 6.83. The molecule has 21 heavy (non-hydrogen) atoms. The Hall–Kier alpha value is -1.53. The van der Waals surface area contributed by atoms with Crippen molar-refractivity contribution in [2.45, 2.75) is 16.6 Å². The average molecular weight is 306 g/mol. The molecule has 2 heterocycles. The van der Waals surface area contributed by atoms with Crippen molar-refractivity contribution in [1.29, 1.82) is 0 Å². The predicted molar refractivity (Wildman–Crippen MR) is 81.5 cm³/mol. The van der Waals surface area contributed by atoms with Crippen LogP contribution >= 0.6 is 11.8 Å². The van der Waals surface area contributed by atoms with Gasteiger partial charge in [0.15, 0.2) is 4.75 Å². The molecule has 0 aromatic heterocycles. The van der Waals surface area contributed by atoms with Crippen LogP contribution in [0.15, 0.2) is 29.2 Å². The van der Waals surface area contributed by atoms with Gasteiger partial charge in [0.2, 0.25) is 5.91 Å². The van der Waals surface area contributed by atoms with E-state index in [2.05, 4.69) is 0 Å². The van der Waals surface area contributed by atoms with E-state index in [-0.39, 0.29) is 11.8 Å². The summed E-state index contributed by atoms with van der Waals surface area (Å²) in [6.07, 6.45) is 0. The number of thioether (sulfide) groups is 1. The molecule has 3 rings (SSSR count). The van der Waals surface area contributed by atoms with E-state index < -0.39 is 4.75 Å². The largest absolute Gasteiger partial charge is 0.378 e. The fourth-order valence-electron chi connectivity index (χ4n) is 2.72. The summed E-state index contributed by atoms with van der Waals surface area (Å²) in [7, 11) is 1.73.